The van der Waals surface area contributed by atoms with E-state index in [1.165, 1.54) is 6.07 Å². The van der Waals surface area contributed by atoms with Crippen LogP contribution >= 0.6 is 0 Å². The minimum Gasteiger partial charge on any atom is -0.478 e. The highest BCUT2D eigenvalue weighted by Crippen LogP contribution is 2.21. The predicted octanol–water partition coefficient (Wildman–Crippen LogP) is 1.000. The Labute approximate surface area is 111 Å². The summed E-state index contributed by atoms with van der Waals surface area (Å²) < 4.78 is 0. The van der Waals surface area contributed by atoms with Crippen molar-refractivity contribution in [3.05, 3.63) is 23.8 Å². The number of nitrogens with two attached hydrogens (primary N) is 1. The molecular weight excluding hydrogens is 246 g/mol. The summed E-state index contributed by atoms with van der Waals surface area (Å²) in [6, 6.07) is 4.98. The van der Waals surface area contributed by atoms with Gasteiger partial charge in [0.05, 0.1) is 5.56 Å². The van der Waals surface area contributed by atoms with Gasteiger partial charge in [-0.15, -0.1) is 0 Å². The van der Waals surface area contributed by atoms with E-state index in [-0.39, 0.29) is 23.2 Å². The summed E-state index contributed by atoms with van der Waals surface area (Å²) in [5, 5.41) is 12.3. The number of rotatable bonds is 3. The quantitative estimate of drug-likeness (QED) is 0.707. The fraction of sp³-hybridized carbons (Fsp3) is 0.385. The number of piperidine rings is 1. The van der Waals surface area contributed by atoms with Gasteiger partial charge in [-0.1, -0.05) is 0 Å². The third-order valence-corrected chi connectivity index (χ3v) is 3.28. The molecule has 0 aromatic heterocycles. The minimum atomic E-state index is -1.04. The molecule has 0 bridgehead atoms. The van der Waals surface area contributed by atoms with Crippen LogP contribution in [0.15, 0.2) is 18.2 Å². The van der Waals surface area contributed by atoms with Gasteiger partial charge in [-0.2, -0.15) is 0 Å². The van der Waals surface area contributed by atoms with E-state index in [1.54, 1.807) is 24.1 Å². The fourth-order valence-corrected chi connectivity index (χ4v) is 2.20. The number of anilines is 2. The number of nitrogen functional groups attached to an aromatic ring is 1. The second-order valence-corrected chi connectivity index (χ2v) is 4.76. The van der Waals surface area contributed by atoms with Gasteiger partial charge < -0.3 is 21.1 Å². The number of carboxylic acids is 1. The van der Waals surface area contributed by atoms with Crippen LogP contribution in [-0.2, 0) is 4.79 Å². The summed E-state index contributed by atoms with van der Waals surface area (Å²) in [5.41, 5.74) is 6.64. The molecule has 1 aliphatic rings. The van der Waals surface area contributed by atoms with Crippen molar-refractivity contribution in [3.8, 4) is 0 Å². The van der Waals surface area contributed by atoms with Crippen LogP contribution in [0, 0.1) is 0 Å². The van der Waals surface area contributed by atoms with Gasteiger partial charge >= 0.3 is 5.97 Å². The Morgan fingerprint density at radius 2 is 2.26 bits per heavy atom. The Hall–Kier alpha value is -2.24. The Bertz CT molecular complexity index is 516. The minimum absolute atomic E-state index is 0.0882. The lowest BCUT2D eigenvalue weighted by Gasteiger charge is -2.30. The summed E-state index contributed by atoms with van der Waals surface area (Å²) >= 11 is 0. The average molecular weight is 263 g/mol. The molecule has 1 unspecified atom stereocenters. The van der Waals surface area contributed by atoms with Crippen LogP contribution in [0.1, 0.15) is 23.2 Å². The van der Waals surface area contributed by atoms with Gasteiger partial charge in [0.15, 0.2) is 0 Å². The Morgan fingerprint density at radius 3 is 2.89 bits per heavy atom. The summed E-state index contributed by atoms with van der Waals surface area (Å²) in [6.45, 7) is 0.617. The number of carbonyl (C=O) groups excluding carboxylic acids is 1. The van der Waals surface area contributed by atoms with Gasteiger partial charge in [-0.3, -0.25) is 4.79 Å². The molecule has 4 N–H and O–H groups in total. The molecule has 0 saturated carbocycles. The van der Waals surface area contributed by atoms with Crippen molar-refractivity contribution in [1.29, 1.82) is 0 Å². The van der Waals surface area contributed by atoms with Gasteiger partial charge in [0.1, 0.15) is 0 Å². The zero-order valence-electron chi connectivity index (χ0n) is 10.7. The number of likely N-dealkylation sites (tertiary alicyclic amines) is 1. The monoisotopic (exact) mass is 263 g/mol. The molecular formula is C13H17N3O3. The van der Waals surface area contributed by atoms with Crippen LogP contribution in [0.25, 0.3) is 0 Å². The average Bonchev–Trinajstić information content (AvgIpc) is 2.36. The lowest BCUT2D eigenvalue weighted by atomic mass is 10.0. The number of nitrogens with one attached hydrogen (secondary N) is 1. The number of hydrogen-bond acceptors (Lipinski definition) is 4. The highest BCUT2D eigenvalue weighted by molar-refractivity contribution is 5.94. The molecule has 1 aromatic carbocycles. The van der Waals surface area contributed by atoms with Crippen LogP contribution in [-0.4, -0.2) is 41.5 Å². The van der Waals surface area contributed by atoms with Crippen molar-refractivity contribution in [3.63, 3.8) is 0 Å². The van der Waals surface area contributed by atoms with E-state index in [4.69, 9.17) is 10.8 Å². The Kier molecular flexibility index (Phi) is 3.59. The zero-order chi connectivity index (χ0) is 14.0. The number of likely N-dealkylation sites (N-methyl/N-ethyl adjacent to an activating group) is 1. The molecule has 0 spiro atoms. The van der Waals surface area contributed by atoms with Crippen LogP contribution in [0.5, 0.6) is 0 Å². The highest BCUT2D eigenvalue weighted by Gasteiger charge is 2.22. The van der Waals surface area contributed by atoms with Crippen molar-refractivity contribution in [2.45, 2.75) is 18.9 Å². The maximum absolute atomic E-state index is 11.4. The van der Waals surface area contributed by atoms with E-state index in [0.717, 1.165) is 6.42 Å². The zero-order valence-corrected chi connectivity index (χ0v) is 10.7. The normalized spacial score (nSPS) is 19.3. The standard InChI is InChI=1S/C13H17N3O3/c1-16-7-9(3-5-12(16)17)15-8-2-4-11(14)10(6-8)13(18)19/h2,4,6,9,15H,3,5,7,14H2,1H3,(H,18,19). The van der Waals surface area contributed by atoms with Crippen LogP contribution in [0.4, 0.5) is 11.4 Å². The number of amides is 1. The molecule has 0 radical (unpaired) electrons. The number of carbonyl (C=O) groups is 2. The molecule has 1 aromatic rings. The number of hydrogen-bond donors (Lipinski definition) is 3. The molecule has 1 heterocycles. The predicted molar refractivity (Wildman–Crippen MR) is 72.1 cm³/mol. The molecule has 1 atom stereocenters. The number of carboxylic acid groups (broad SMARTS) is 1. The molecule has 102 valence electrons. The van der Waals surface area contributed by atoms with E-state index < -0.39 is 5.97 Å². The first-order valence-electron chi connectivity index (χ1n) is 6.10. The van der Waals surface area contributed by atoms with Crippen molar-refractivity contribution < 1.29 is 14.7 Å². The molecule has 0 aliphatic carbocycles. The summed E-state index contributed by atoms with van der Waals surface area (Å²) in [6.07, 6.45) is 1.25. The first-order chi connectivity index (χ1) is 8.97. The van der Waals surface area contributed by atoms with E-state index in [1.807, 2.05) is 0 Å². The number of aromatic carboxylic acids is 1. The van der Waals surface area contributed by atoms with Crippen molar-refractivity contribution in [2.75, 3.05) is 24.6 Å². The smallest absolute Gasteiger partial charge is 0.337 e. The van der Waals surface area contributed by atoms with E-state index in [9.17, 15) is 9.59 Å². The summed E-state index contributed by atoms with van der Waals surface area (Å²) in [7, 11) is 1.77. The first-order valence-corrected chi connectivity index (χ1v) is 6.10. The fourth-order valence-electron chi connectivity index (χ4n) is 2.20. The molecule has 6 nitrogen and oxygen atoms in total. The molecule has 2 rings (SSSR count). The molecule has 1 amide bonds. The van der Waals surface area contributed by atoms with Crippen molar-refractivity contribution >= 4 is 23.3 Å². The Morgan fingerprint density at radius 1 is 1.53 bits per heavy atom. The molecule has 1 fully saturated rings. The van der Waals surface area contributed by atoms with E-state index in [0.29, 0.717) is 18.7 Å². The van der Waals surface area contributed by atoms with Crippen LogP contribution in [0.3, 0.4) is 0 Å². The second kappa shape index (κ2) is 5.17. The highest BCUT2D eigenvalue weighted by atomic mass is 16.4. The molecule has 1 saturated heterocycles. The maximum Gasteiger partial charge on any atom is 0.337 e. The largest absolute Gasteiger partial charge is 0.478 e. The summed E-state index contributed by atoms with van der Waals surface area (Å²) in [4.78, 5) is 24.1. The van der Waals surface area contributed by atoms with Gasteiger partial charge in [0, 0.05) is 37.4 Å². The van der Waals surface area contributed by atoms with Crippen molar-refractivity contribution in [1.82, 2.24) is 4.90 Å². The van der Waals surface area contributed by atoms with Gasteiger partial charge in [0.25, 0.3) is 0 Å². The first kappa shape index (κ1) is 13.2. The van der Waals surface area contributed by atoms with Crippen LogP contribution in [0.2, 0.25) is 0 Å². The van der Waals surface area contributed by atoms with Crippen LogP contribution < -0.4 is 11.1 Å². The van der Waals surface area contributed by atoms with E-state index >= 15 is 0 Å². The van der Waals surface area contributed by atoms with Gasteiger partial charge in [-0.05, 0) is 24.6 Å². The third kappa shape index (κ3) is 2.96. The van der Waals surface area contributed by atoms with Gasteiger partial charge in [-0.25, -0.2) is 4.79 Å². The van der Waals surface area contributed by atoms with Gasteiger partial charge in [0.2, 0.25) is 5.91 Å². The lowest BCUT2D eigenvalue weighted by molar-refractivity contribution is -0.132. The van der Waals surface area contributed by atoms with E-state index in [2.05, 4.69) is 5.32 Å². The second-order valence-electron chi connectivity index (χ2n) is 4.76. The number of nitrogens with zero attached hydrogens (tertiary/aromatic N) is 1. The topological polar surface area (TPSA) is 95.7 Å². The molecule has 19 heavy (non-hydrogen) atoms. The van der Waals surface area contributed by atoms with Crippen molar-refractivity contribution in [2.24, 2.45) is 0 Å². The SMILES string of the molecule is CN1CC(Nc2ccc(N)c(C(=O)O)c2)CCC1=O. The third-order valence-electron chi connectivity index (χ3n) is 3.28. The summed E-state index contributed by atoms with van der Waals surface area (Å²) in [5.74, 6) is -0.904. The lowest BCUT2D eigenvalue weighted by Crippen LogP contribution is -2.43. The Balaban J connectivity index is 2.09. The molecule has 6 heteroatoms. The number of benzene rings is 1. The maximum atomic E-state index is 11.4. The molecule has 1 aliphatic heterocycles.